The van der Waals surface area contributed by atoms with E-state index in [0.29, 0.717) is 41.0 Å². The van der Waals surface area contributed by atoms with Gasteiger partial charge in [-0.05, 0) is 77.5 Å². The first-order valence-corrected chi connectivity index (χ1v) is 15.1. The molecule has 3 aromatic rings. The summed E-state index contributed by atoms with van der Waals surface area (Å²) in [4.78, 5) is 0. The molecular weight excluding hydrogens is 515 g/mol. The Morgan fingerprint density at radius 3 is 1.93 bits per heavy atom. The quantitative estimate of drug-likeness (QED) is 0.135. The van der Waals surface area contributed by atoms with Gasteiger partial charge in [-0.15, -0.1) is 0 Å². The molecule has 0 heterocycles. The second-order valence-corrected chi connectivity index (χ2v) is 11.9. The van der Waals surface area contributed by atoms with Gasteiger partial charge in [-0.25, -0.2) is 22.0 Å². The van der Waals surface area contributed by atoms with Gasteiger partial charge in [0.25, 0.3) is 0 Å². The molecule has 5 heteroatoms. The van der Waals surface area contributed by atoms with Gasteiger partial charge in [-0.2, -0.15) is 0 Å². The van der Waals surface area contributed by atoms with Crippen LogP contribution < -0.4 is 0 Å². The fourth-order valence-corrected chi connectivity index (χ4v) is 6.87. The van der Waals surface area contributed by atoms with Gasteiger partial charge in [-0.3, -0.25) is 0 Å². The van der Waals surface area contributed by atoms with Gasteiger partial charge in [0.1, 0.15) is 5.82 Å². The molecule has 2 aliphatic carbocycles. The molecule has 0 nitrogen and oxygen atoms in total. The van der Waals surface area contributed by atoms with Gasteiger partial charge in [0.15, 0.2) is 23.3 Å². The van der Waals surface area contributed by atoms with Crippen LogP contribution in [0.4, 0.5) is 22.0 Å². The molecule has 0 unspecified atom stereocenters. The van der Waals surface area contributed by atoms with Crippen molar-refractivity contribution in [1.29, 1.82) is 0 Å². The third kappa shape index (κ3) is 5.71. The second-order valence-electron chi connectivity index (χ2n) is 11.9. The zero-order chi connectivity index (χ0) is 28.4. The molecule has 0 bridgehead atoms. The number of fused-ring (bicyclic) bond motifs is 3. The number of halogens is 5. The van der Waals surface area contributed by atoms with E-state index in [-0.39, 0.29) is 28.7 Å². The minimum atomic E-state index is -1.22. The molecule has 0 N–H and O–H groups in total. The lowest BCUT2D eigenvalue weighted by atomic mass is 9.77. The number of unbranched alkanes of at least 4 members (excludes halogenated alkanes) is 2. The van der Waals surface area contributed by atoms with Gasteiger partial charge in [0, 0.05) is 16.7 Å². The lowest BCUT2D eigenvalue weighted by Gasteiger charge is -2.28. The number of benzene rings is 3. The Morgan fingerprint density at radius 1 is 0.625 bits per heavy atom. The maximum absolute atomic E-state index is 15.4. The van der Waals surface area contributed by atoms with Gasteiger partial charge in [0.05, 0.1) is 0 Å². The van der Waals surface area contributed by atoms with Gasteiger partial charge >= 0.3 is 0 Å². The largest absolute Gasteiger partial charge is 0.207 e. The molecule has 3 aromatic carbocycles. The molecular formula is C35H39F5. The molecule has 2 aliphatic rings. The summed E-state index contributed by atoms with van der Waals surface area (Å²) in [6, 6.07) is 7.48. The van der Waals surface area contributed by atoms with E-state index in [4.69, 9.17) is 0 Å². The highest BCUT2D eigenvalue weighted by molar-refractivity contribution is 5.82. The van der Waals surface area contributed by atoms with Crippen LogP contribution in [0.25, 0.3) is 22.3 Å². The molecule has 0 radical (unpaired) electrons. The predicted octanol–water partition coefficient (Wildman–Crippen LogP) is 10.9. The average Bonchev–Trinajstić information content (AvgIpc) is 3.32. The van der Waals surface area contributed by atoms with Crippen molar-refractivity contribution in [1.82, 2.24) is 0 Å². The van der Waals surface area contributed by atoms with Crippen LogP contribution in [0.2, 0.25) is 0 Å². The van der Waals surface area contributed by atoms with Crippen molar-refractivity contribution in [2.45, 2.75) is 97.3 Å². The Bertz CT molecular complexity index is 1370. The zero-order valence-electron chi connectivity index (χ0n) is 23.6. The fourth-order valence-electron chi connectivity index (χ4n) is 6.87. The van der Waals surface area contributed by atoms with Crippen molar-refractivity contribution < 1.29 is 22.0 Å². The SMILES string of the molecule is CCCCCC1CCC(CCc2cc3c(c(F)c2F)-c2c(cc(-c4ccc(CCC)c(F)c4)c(F)c2F)C3)CC1. The average molecular weight is 555 g/mol. The van der Waals surface area contributed by atoms with Crippen molar-refractivity contribution in [2.75, 3.05) is 0 Å². The van der Waals surface area contributed by atoms with E-state index in [1.54, 1.807) is 18.2 Å². The standard InChI is InChI=1S/C35H39F5/c1-3-5-6-8-21-9-11-22(12-10-21)13-14-25-17-26-18-27-19-28(24-16-15-23(7-4-2)29(36)20-24)33(38)35(40)31(27)30(26)34(39)32(25)37/h15-17,19-22H,3-14,18H2,1-2H3. The summed E-state index contributed by atoms with van der Waals surface area (Å²) in [5, 5.41) is 0. The monoisotopic (exact) mass is 554 g/mol. The molecule has 0 saturated heterocycles. The highest BCUT2D eigenvalue weighted by Gasteiger charge is 2.32. The molecule has 0 atom stereocenters. The number of hydrogen-bond acceptors (Lipinski definition) is 0. The van der Waals surface area contributed by atoms with Crippen molar-refractivity contribution in [3.05, 3.63) is 81.7 Å². The number of aryl methyl sites for hydroxylation is 2. The van der Waals surface area contributed by atoms with Gasteiger partial charge in [-0.1, -0.05) is 89.8 Å². The van der Waals surface area contributed by atoms with E-state index < -0.39 is 29.1 Å². The van der Waals surface area contributed by atoms with Gasteiger partial charge < -0.3 is 0 Å². The van der Waals surface area contributed by atoms with E-state index >= 15 is 17.6 Å². The Labute approximate surface area is 235 Å². The van der Waals surface area contributed by atoms with Crippen LogP contribution in [0, 0.1) is 40.9 Å². The molecule has 0 amide bonds. The van der Waals surface area contributed by atoms with Crippen molar-refractivity contribution >= 4 is 0 Å². The summed E-state index contributed by atoms with van der Waals surface area (Å²) in [5.74, 6) is -3.63. The van der Waals surface area contributed by atoms with E-state index in [1.165, 1.54) is 50.7 Å². The Kier molecular flexibility index (Phi) is 8.97. The van der Waals surface area contributed by atoms with Crippen molar-refractivity contribution in [3.8, 4) is 22.3 Å². The molecule has 0 spiro atoms. The Balaban J connectivity index is 1.34. The summed E-state index contributed by atoms with van der Waals surface area (Å²) in [5.41, 5.74) is 1.44. The van der Waals surface area contributed by atoms with Crippen molar-refractivity contribution in [2.24, 2.45) is 11.8 Å². The van der Waals surface area contributed by atoms with Crippen LogP contribution in [0.3, 0.4) is 0 Å². The Morgan fingerprint density at radius 2 is 1.27 bits per heavy atom. The Hall–Kier alpha value is -2.69. The minimum absolute atomic E-state index is 0.0718. The first-order chi connectivity index (χ1) is 19.3. The van der Waals surface area contributed by atoms with E-state index in [1.807, 2.05) is 6.92 Å². The lowest BCUT2D eigenvalue weighted by Crippen LogP contribution is -2.15. The maximum atomic E-state index is 15.4. The topological polar surface area (TPSA) is 0 Å². The van der Waals surface area contributed by atoms with Crippen LogP contribution in [0.15, 0.2) is 30.3 Å². The van der Waals surface area contributed by atoms with Crippen LogP contribution in [0.5, 0.6) is 0 Å². The predicted molar refractivity (Wildman–Crippen MR) is 152 cm³/mol. The first-order valence-electron chi connectivity index (χ1n) is 15.1. The fraction of sp³-hybridized carbons (Fsp3) is 0.486. The smallest absolute Gasteiger partial charge is 0.167 e. The van der Waals surface area contributed by atoms with Crippen LogP contribution >= 0.6 is 0 Å². The molecule has 214 valence electrons. The first kappa shape index (κ1) is 28.8. The zero-order valence-corrected chi connectivity index (χ0v) is 23.6. The molecule has 1 fully saturated rings. The second kappa shape index (κ2) is 12.4. The van der Waals surface area contributed by atoms with Gasteiger partial charge in [0.2, 0.25) is 0 Å². The summed E-state index contributed by atoms with van der Waals surface area (Å²) >= 11 is 0. The van der Waals surface area contributed by atoms with Crippen LogP contribution in [-0.4, -0.2) is 0 Å². The van der Waals surface area contributed by atoms with E-state index in [9.17, 15) is 4.39 Å². The summed E-state index contributed by atoms with van der Waals surface area (Å²) in [6.07, 6.45) is 12.5. The number of hydrogen-bond donors (Lipinski definition) is 0. The lowest BCUT2D eigenvalue weighted by molar-refractivity contribution is 0.248. The molecule has 0 aromatic heterocycles. The summed E-state index contributed by atoms with van der Waals surface area (Å²) in [6.45, 7) is 4.16. The van der Waals surface area contributed by atoms with E-state index in [0.717, 1.165) is 31.6 Å². The summed E-state index contributed by atoms with van der Waals surface area (Å²) in [7, 11) is 0. The van der Waals surface area contributed by atoms with E-state index in [2.05, 4.69) is 6.92 Å². The third-order valence-corrected chi connectivity index (χ3v) is 9.17. The van der Waals surface area contributed by atoms with Crippen LogP contribution in [-0.2, 0) is 19.3 Å². The minimum Gasteiger partial charge on any atom is -0.207 e. The maximum Gasteiger partial charge on any atom is 0.167 e. The highest BCUT2D eigenvalue weighted by Crippen LogP contribution is 2.45. The molecule has 40 heavy (non-hydrogen) atoms. The summed E-state index contributed by atoms with van der Waals surface area (Å²) < 4.78 is 75.9. The van der Waals surface area contributed by atoms with Crippen LogP contribution in [0.1, 0.15) is 100 Å². The normalized spacial score (nSPS) is 18.2. The molecule has 0 aliphatic heterocycles. The molecule has 1 saturated carbocycles. The number of rotatable bonds is 10. The highest BCUT2D eigenvalue weighted by atomic mass is 19.2. The van der Waals surface area contributed by atoms with Crippen molar-refractivity contribution in [3.63, 3.8) is 0 Å². The third-order valence-electron chi connectivity index (χ3n) is 9.17. The molecule has 5 rings (SSSR count).